The fraction of sp³-hybridized carbons (Fsp3) is 0.867. The van der Waals surface area contributed by atoms with Crippen molar-refractivity contribution < 1.29 is 29.0 Å². The minimum absolute atomic E-state index is 0.0450. The summed E-state index contributed by atoms with van der Waals surface area (Å²) in [7, 11) is 0. The van der Waals surface area contributed by atoms with E-state index in [9.17, 15) is 19.7 Å². The van der Waals surface area contributed by atoms with Crippen LogP contribution in [-0.4, -0.2) is 43.0 Å². The molecule has 1 atom stereocenters. The van der Waals surface area contributed by atoms with Crippen molar-refractivity contribution >= 4 is 12.1 Å². The van der Waals surface area contributed by atoms with Crippen LogP contribution < -0.4 is 5.32 Å². The van der Waals surface area contributed by atoms with Crippen LogP contribution >= 0.6 is 0 Å². The summed E-state index contributed by atoms with van der Waals surface area (Å²) in [6, 6.07) is -0.767. The molecule has 24 heavy (non-hydrogen) atoms. The van der Waals surface area contributed by atoms with Crippen LogP contribution in [0.25, 0.3) is 0 Å². The Kier molecular flexibility index (Phi) is 12.2. The first kappa shape index (κ1) is 21.9. The number of hydrogen-bond acceptors (Lipinski definition) is 7. The number of rotatable bonds is 13. The highest BCUT2D eigenvalue weighted by Crippen LogP contribution is 2.06. The zero-order valence-corrected chi connectivity index (χ0v) is 14.6. The van der Waals surface area contributed by atoms with Gasteiger partial charge in [-0.3, -0.25) is 0 Å². The second-order valence-corrected chi connectivity index (χ2v) is 5.64. The number of carbonyl (C=O) groups is 2. The van der Waals surface area contributed by atoms with Gasteiger partial charge < -0.3 is 19.6 Å². The van der Waals surface area contributed by atoms with Gasteiger partial charge in [-0.2, -0.15) is 0 Å². The minimum atomic E-state index is -0.868. The maximum Gasteiger partial charge on any atom is 0.407 e. The summed E-state index contributed by atoms with van der Waals surface area (Å²) in [4.78, 5) is 37.8. The van der Waals surface area contributed by atoms with Crippen molar-refractivity contribution in [3.63, 3.8) is 0 Å². The van der Waals surface area contributed by atoms with Crippen molar-refractivity contribution in [1.29, 1.82) is 0 Å². The molecule has 0 saturated carbocycles. The van der Waals surface area contributed by atoms with Crippen molar-refractivity contribution in [3.8, 4) is 0 Å². The Bertz CT molecular complexity index is 388. The van der Waals surface area contributed by atoms with Crippen molar-refractivity contribution in [1.82, 2.24) is 5.32 Å². The molecule has 0 aromatic rings. The average molecular weight is 348 g/mol. The molecule has 0 fully saturated rings. The van der Waals surface area contributed by atoms with E-state index in [-0.39, 0.29) is 19.1 Å². The second-order valence-electron chi connectivity index (χ2n) is 5.64. The van der Waals surface area contributed by atoms with Gasteiger partial charge in [-0.15, -0.1) is 10.1 Å². The molecule has 0 bridgehead atoms. The second kappa shape index (κ2) is 13.4. The van der Waals surface area contributed by atoms with E-state index in [0.29, 0.717) is 19.4 Å². The van der Waals surface area contributed by atoms with Crippen LogP contribution in [0.5, 0.6) is 0 Å². The number of carbonyl (C=O) groups excluding carboxylic acids is 2. The molecule has 0 heterocycles. The van der Waals surface area contributed by atoms with Crippen molar-refractivity contribution in [2.75, 3.05) is 19.8 Å². The molecule has 1 unspecified atom stereocenters. The van der Waals surface area contributed by atoms with Crippen molar-refractivity contribution in [2.24, 2.45) is 5.92 Å². The summed E-state index contributed by atoms with van der Waals surface area (Å²) >= 11 is 0. The number of amides is 1. The first-order valence-corrected chi connectivity index (χ1v) is 8.25. The number of nitrogens with one attached hydrogen (secondary N) is 1. The van der Waals surface area contributed by atoms with Crippen LogP contribution in [0.2, 0.25) is 0 Å². The Labute approximate surface area is 142 Å². The lowest BCUT2D eigenvalue weighted by Crippen LogP contribution is -2.45. The van der Waals surface area contributed by atoms with Crippen LogP contribution in [0, 0.1) is 16.0 Å². The summed E-state index contributed by atoms with van der Waals surface area (Å²) in [6.07, 6.45) is 2.91. The van der Waals surface area contributed by atoms with Gasteiger partial charge in [-0.25, -0.2) is 9.59 Å². The van der Waals surface area contributed by atoms with Gasteiger partial charge in [0.25, 0.3) is 5.09 Å². The molecule has 0 radical (unpaired) electrons. The maximum absolute atomic E-state index is 12.0. The maximum atomic E-state index is 12.0. The van der Waals surface area contributed by atoms with E-state index in [1.54, 1.807) is 13.8 Å². The average Bonchev–Trinajstić information content (AvgIpc) is 2.51. The molecule has 140 valence electrons. The number of hydrogen-bond donors (Lipinski definition) is 1. The Hall–Kier alpha value is -2.06. The molecular formula is C15H28N2O7. The van der Waals surface area contributed by atoms with E-state index >= 15 is 0 Å². The van der Waals surface area contributed by atoms with Gasteiger partial charge in [0.05, 0.1) is 19.8 Å². The van der Waals surface area contributed by atoms with Crippen molar-refractivity contribution in [2.45, 2.75) is 58.9 Å². The van der Waals surface area contributed by atoms with E-state index in [4.69, 9.17) is 9.47 Å². The summed E-state index contributed by atoms with van der Waals surface area (Å²) in [5.74, 6) is -0.609. The topological polar surface area (TPSA) is 117 Å². The Morgan fingerprint density at radius 1 is 1.04 bits per heavy atom. The van der Waals surface area contributed by atoms with E-state index < -0.39 is 23.2 Å². The molecule has 9 nitrogen and oxygen atoms in total. The standard InChI is InChI=1S/C15H28N2O7/c1-4-5-6-9-22-14(18)13(12(2)3)16-15(19)23-10-7-8-11-24-17(20)21/h12-13H,4-11H2,1-3H3,(H,16,19). The first-order valence-electron chi connectivity index (χ1n) is 8.25. The third-order valence-electron chi connectivity index (χ3n) is 3.15. The normalized spacial score (nSPS) is 11.7. The SMILES string of the molecule is CCCCCOC(=O)C(NC(=O)OCCCCO[N+](=O)[O-])C(C)C. The monoisotopic (exact) mass is 348 g/mol. The number of esters is 1. The first-order chi connectivity index (χ1) is 11.4. The van der Waals surface area contributed by atoms with Gasteiger partial charge in [-0.1, -0.05) is 33.6 Å². The molecule has 0 aromatic carbocycles. The Morgan fingerprint density at radius 2 is 1.62 bits per heavy atom. The predicted molar refractivity (Wildman–Crippen MR) is 85.8 cm³/mol. The molecular weight excluding hydrogens is 320 g/mol. The number of nitrogens with zero attached hydrogens (tertiary/aromatic N) is 1. The summed E-state index contributed by atoms with van der Waals surface area (Å²) in [5, 5.41) is 11.6. The number of ether oxygens (including phenoxy) is 2. The van der Waals surface area contributed by atoms with Crippen molar-refractivity contribution in [3.05, 3.63) is 10.1 Å². The van der Waals surface area contributed by atoms with Crippen LogP contribution in [0.1, 0.15) is 52.9 Å². The van der Waals surface area contributed by atoms with E-state index in [0.717, 1.165) is 19.3 Å². The molecule has 0 spiro atoms. The molecule has 0 aliphatic carbocycles. The van der Waals surface area contributed by atoms with Gasteiger partial charge in [-0.05, 0) is 25.2 Å². The highest BCUT2D eigenvalue weighted by molar-refractivity contribution is 5.81. The smallest absolute Gasteiger partial charge is 0.407 e. The van der Waals surface area contributed by atoms with Gasteiger partial charge in [0, 0.05) is 0 Å². The lowest BCUT2D eigenvalue weighted by Gasteiger charge is -2.20. The largest absolute Gasteiger partial charge is 0.464 e. The summed E-state index contributed by atoms with van der Waals surface area (Å²) in [6.45, 7) is 6.03. The number of unbranched alkanes of at least 4 members (excludes halogenated alkanes) is 3. The summed E-state index contributed by atoms with van der Waals surface area (Å²) in [5.41, 5.74) is 0. The highest BCUT2D eigenvalue weighted by Gasteiger charge is 2.26. The van der Waals surface area contributed by atoms with Crippen LogP contribution in [-0.2, 0) is 19.1 Å². The van der Waals surface area contributed by atoms with E-state index in [1.807, 2.05) is 0 Å². The highest BCUT2D eigenvalue weighted by atomic mass is 16.9. The van der Waals surface area contributed by atoms with Crippen LogP contribution in [0.15, 0.2) is 0 Å². The number of alkyl carbamates (subject to hydrolysis) is 1. The molecule has 0 aliphatic rings. The van der Waals surface area contributed by atoms with Crippen LogP contribution in [0.4, 0.5) is 4.79 Å². The molecule has 1 N–H and O–H groups in total. The zero-order valence-electron chi connectivity index (χ0n) is 14.6. The molecule has 9 heteroatoms. The third kappa shape index (κ3) is 11.5. The summed E-state index contributed by atoms with van der Waals surface area (Å²) < 4.78 is 10.1. The van der Waals surface area contributed by atoms with E-state index in [2.05, 4.69) is 17.1 Å². The molecule has 0 rings (SSSR count). The van der Waals surface area contributed by atoms with Gasteiger partial charge in [0.1, 0.15) is 6.04 Å². The molecule has 0 aliphatic heterocycles. The van der Waals surface area contributed by atoms with E-state index in [1.165, 1.54) is 0 Å². The fourth-order valence-corrected chi connectivity index (χ4v) is 1.79. The van der Waals surface area contributed by atoms with Gasteiger partial charge in [0.15, 0.2) is 0 Å². The fourth-order valence-electron chi connectivity index (χ4n) is 1.79. The molecule has 1 amide bonds. The molecule has 0 aromatic heterocycles. The zero-order chi connectivity index (χ0) is 18.4. The van der Waals surface area contributed by atoms with Gasteiger partial charge in [0.2, 0.25) is 0 Å². The molecule has 0 saturated heterocycles. The lowest BCUT2D eigenvalue weighted by molar-refractivity contribution is -0.757. The van der Waals surface area contributed by atoms with Crippen LogP contribution in [0.3, 0.4) is 0 Å². The minimum Gasteiger partial charge on any atom is -0.464 e. The Balaban J connectivity index is 4.01. The van der Waals surface area contributed by atoms with Gasteiger partial charge >= 0.3 is 12.1 Å². The lowest BCUT2D eigenvalue weighted by atomic mass is 10.1. The Morgan fingerprint density at radius 3 is 2.21 bits per heavy atom. The predicted octanol–water partition coefficient (Wildman–Crippen LogP) is 2.46. The third-order valence-corrected chi connectivity index (χ3v) is 3.15. The quantitative estimate of drug-likeness (QED) is 0.235.